The van der Waals surface area contributed by atoms with E-state index < -0.39 is 5.63 Å². The van der Waals surface area contributed by atoms with E-state index in [9.17, 15) is 9.90 Å². The summed E-state index contributed by atoms with van der Waals surface area (Å²) in [4.78, 5) is 11.0. The lowest BCUT2D eigenvalue weighted by molar-refractivity contribution is 0.174. The van der Waals surface area contributed by atoms with Crippen molar-refractivity contribution in [1.29, 1.82) is 0 Å². The molecule has 1 aliphatic rings. The molecule has 1 aromatic heterocycles. The van der Waals surface area contributed by atoms with Crippen LogP contribution in [-0.4, -0.2) is 11.9 Å². The van der Waals surface area contributed by atoms with Crippen LogP contribution in [0, 0.1) is 0 Å². The number of rotatable bonds is 0. The van der Waals surface area contributed by atoms with Crippen molar-refractivity contribution in [2.45, 2.75) is 0 Å². The molecule has 15 heavy (non-hydrogen) atoms. The summed E-state index contributed by atoms with van der Waals surface area (Å²) in [6.07, 6.45) is 0. The monoisotopic (exact) mass is 206 g/mol. The van der Waals surface area contributed by atoms with Gasteiger partial charge in [-0.2, -0.15) is 0 Å². The van der Waals surface area contributed by atoms with Crippen molar-refractivity contribution in [2.24, 2.45) is 0 Å². The smallest absolute Gasteiger partial charge is 0.339 e. The van der Waals surface area contributed by atoms with Gasteiger partial charge < -0.3 is 19.0 Å². The van der Waals surface area contributed by atoms with Gasteiger partial charge in [0.05, 0.1) is 6.07 Å². The lowest BCUT2D eigenvalue weighted by Gasteiger charge is -2.02. The van der Waals surface area contributed by atoms with Crippen molar-refractivity contribution in [1.82, 2.24) is 0 Å². The molecule has 0 radical (unpaired) electrons. The fourth-order valence-corrected chi connectivity index (χ4v) is 1.60. The number of aromatic hydroxyl groups is 1. The molecule has 1 aliphatic heterocycles. The summed E-state index contributed by atoms with van der Waals surface area (Å²) in [6, 6.07) is 4.20. The molecule has 0 atom stereocenters. The summed E-state index contributed by atoms with van der Waals surface area (Å²) < 4.78 is 15.2. The first kappa shape index (κ1) is 8.16. The third kappa shape index (κ3) is 1.06. The van der Waals surface area contributed by atoms with E-state index >= 15 is 0 Å². The Morgan fingerprint density at radius 2 is 2.13 bits per heavy atom. The van der Waals surface area contributed by atoms with Gasteiger partial charge in [-0.25, -0.2) is 4.79 Å². The van der Waals surface area contributed by atoms with Crippen LogP contribution in [0.4, 0.5) is 0 Å². The van der Waals surface area contributed by atoms with Gasteiger partial charge >= 0.3 is 5.63 Å². The summed E-state index contributed by atoms with van der Waals surface area (Å²) in [7, 11) is 0. The van der Waals surface area contributed by atoms with Crippen LogP contribution in [0.15, 0.2) is 27.4 Å². The standard InChI is InChI=1S/C10H6O5/c11-5-3-8(12)15-6-1-2-7-10(9(5)6)14-4-13-7/h1-3,11H,4H2. The van der Waals surface area contributed by atoms with Gasteiger partial charge in [0, 0.05) is 0 Å². The Morgan fingerprint density at radius 3 is 3.00 bits per heavy atom. The molecular weight excluding hydrogens is 200 g/mol. The van der Waals surface area contributed by atoms with Gasteiger partial charge in [0.1, 0.15) is 16.7 Å². The van der Waals surface area contributed by atoms with Gasteiger partial charge in [-0.1, -0.05) is 0 Å². The Balaban J connectivity index is 2.50. The molecular formula is C10H6O5. The van der Waals surface area contributed by atoms with E-state index in [0.717, 1.165) is 6.07 Å². The second-order valence-corrected chi connectivity index (χ2v) is 3.12. The molecule has 0 spiro atoms. The predicted molar refractivity (Wildman–Crippen MR) is 50.3 cm³/mol. The molecule has 5 heteroatoms. The normalized spacial score (nSPS) is 13.3. The van der Waals surface area contributed by atoms with E-state index in [1.807, 2.05) is 0 Å². The number of ether oxygens (including phenoxy) is 2. The zero-order valence-corrected chi connectivity index (χ0v) is 7.52. The maximum Gasteiger partial charge on any atom is 0.339 e. The molecule has 3 rings (SSSR count). The van der Waals surface area contributed by atoms with E-state index in [0.29, 0.717) is 16.9 Å². The van der Waals surface area contributed by atoms with E-state index in [2.05, 4.69) is 0 Å². The van der Waals surface area contributed by atoms with Crippen molar-refractivity contribution in [3.8, 4) is 17.2 Å². The van der Waals surface area contributed by atoms with Crippen LogP contribution in [0.5, 0.6) is 17.2 Å². The maximum atomic E-state index is 11.0. The maximum absolute atomic E-state index is 11.0. The van der Waals surface area contributed by atoms with E-state index in [1.165, 1.54) is 0 Å². The lowest BCUT2D eigenvalue weighted by atomic mass is 10.2. The Morgan fingerprint density at radius 1 is 1.27 bits per heavy atom. The second kappa shape index (κ2) is 2.66. The molecule has 2 heterocycles. The number of fused-ring (bicyclic) bond motifs is 3. The van der Waals surface area contributed by atoms with E-state index in [1.54, 1.807) is 12.1 Å². The quantitative estimate of drug-likeness (QED) is 0.656. The van der Waals surface area contributed by atoms with E-state index in [4.69, 9.17) is 13.9 Å². The number of hydrogen-bond donors (Lipinski definition) is 1. The highest BCUT2D eigenvalue weighted by Crippen LogP contribution is 2.42. The molecule has 0 bridgehead atoms. The van der Waals surface area contributed by atoms with Crippen LogP contribution in [0.1, 0.15) is 0 Å². The molecule has 2 aromatic rings. The average molecular weight is 206 g/mol. The fourth-order valence-electron chi connectivity index (χ4n) is 1.60. The lowest BCUT2D eigenvalue weighted by Crippen LogP contribution is -1.96. The Hall–Kier alpha value is -2.17. The first-order chi connectivity index (χ1) is 7.25. The molecule has 0 saturated heterocycles. The van der Waals surface area contributed by atoms with Crippen LogP contribution >= 0.6 is 0 Å². The molecule has 5 nitrogen and oxygen atoms in total. The van der Waals surface area contributed by atoms with Crippen molar-refractivity contribution >= 4 is 11.0 Å². The summed E-state index contributed by atoms with van der Waals surface area (Å²) in [6.45, 7) is 0.104. The van der Waals surface area contributed by atoms with Gasteiger partial charge in [0.2, 0.25) is 6.79 Å². The topological polar surface area (TPSA) is 68.9 Å². The van der Waals surface area contributed by atoms with Crippen molar-refractivity contribution < 1.29 is 19.0 Å². The summed E-state index contributed by atoms with van der Waals surface area (Å²) in [5.74, 6) is 0.781. The number of benzene rings is 1. The molecule has 0 aliphatic carbocycles. The molecule has 0 saturated carbocycles. The van der Waals surface area contributed by atoms with Gasteiger partial charge in [-0.3, -0.25) is 0 Å². The molecule has 1 N–H and O–H groups in total. The minimum absolute atomic E-state index is 0.104. The first-order valence-corrected chi connectivity index (χ1v) is 4.31. The third-order valence-electron chi connectivity index (χ3n) is 2.22. The van der Waals surface area contributed by atoms with Crippen molar-refractivity contribution in [3.63, 3.8) is 0 Å². The minimum atomic E-state index is -0.598. The van der Waals surface area contributed by atoms with Crippen molar-refractivity contribution in [3.05, 3.63) is 28.6 Å². The average Bonchev–Trinajstić information content (AvgIpc) is 2.63. The zero-order chi connectivity index (χ0) is 10.4. The Labute approximate surface area is 83.5 Å². The Bertz CT molecular complexity index is 599. The van der Waals surface area contributed by atoms with Crippen LogP contribution in [0.3, 0.4) is 0 Å². The van der Waals surface area contributed by atoms with Crippen LogP contribution < -0.4 is 15.1 Å². The summed E-state index contributed by atoms with van der Waals surface area (Å²) in [5, 5.41) is 9.99. The predicted octanol–water partition coefficient (Wildman–Crippen LogP) is 1.23. The SMILES string of the molecule is O=c1cc(O)c2c3c(ccc2o1)OCO3. The zero-order valence-electron chi connectivity index (χ0n) is 7.52. The van der Waals surface area contributed by atoms with Crippen LogP contribution in [0.25, 0.3) is 11.0 Å². The summed E-state index contributed by atoms with van der Waals surface area (Å²) >= 11 is 0. The Kier molecular flexibility index (Phi) is 1.45. The highest BCUT2D eigenvalue weighted by molar-refractivity contribution is 5.91. The molecule has 0 amide bonds. The summed E-state index contributed by atoms with van der Waals surface area (Å²) in [5.41, 5.74) is -0.317. The van der Waals surface area contributed by atoms with E-state index in [-0.39, 0.29) is 18.1 Å². The van der Waals surface area contributed by atoms with Crippen LogP contribution in [0.2, 0.25) is 0 Å². The van der Waals surface area contributed by atoms with Gasteiger partial charge in [0.15, 0.2) is 11.5 Å². The number of hydrogen-bond acceptors (Lipinski definition) is 5. The van der Waals surface area contributed by atoms with Gasteiger partial charge in [-0.05, 0) is 12.1 Å². The second-order valence-electron chi connectivity index (χ2n) is 3.12. The first-order valence-electron chi connectivity index (χ1n) is 4.31. The molecule has 0 unspecified atom stereocenters. The molecule has 0 fully saturated rings. The van der Waals surface area contributed by atoms with Crippen LogP contribution in [-0.2, 0) is 0 Å². The highest BCUT2D eigenvalue weighted by Gasteiger charge is 2.20. The third-order valence-corrected chi connectivity index (χ3v) is 2.22. The molecule has 76 valence electrons. The molecule has 1 aromatic carbocycles. The van der Waals surface area contributed by atoms with Gasteiger partial charge in [-0.15, -0.1) is 0 Å². The highest BCUT2D eigenvalue weighted by atomic mass is 16.7. The van der Waals surface area contributed by atoms with Gasteiger partial charge in [0.25, 0.3) is 0 Å². The fraction of sp³-hybridized carbons (Fsp3) is 0.100. The largest absolute Gasteiger partial charge is 0.507 e. The minimum Gasteiger partial charge on any atom is -0.507 e. The van der Waals surface area contributed by atoms with Crippen molar-refractivity contribution in [2.75, 3.05) is 6.79 Å².